The number of nitrogens with one attached hydrogen (secondary N) is 1. The van der Waals surface area contributed by atoms with E-state index in [2.05, 4.69) is 9.80 Å². The van der Waals surface area contributed by atoms with Crippen LogP contribution in [0.1, 0.15) is 28.8 Å². The molecule has 1 saturated carbocycles. The molecule has 4 rings (SSSR count). The average molecular weight is 470 g/mol. The Balaban J connectivity index is 1.38. The predicted octanol–water partition coefficient (Wildman–Crippen LogP) is 3.16. The molecule has 0 bridgehead atoms. The summed E-state index contributed by atoms with van der Waals surface area (Å²) < 4.78 is 53.5. The number of carbonyl (C=O) groups is 1. The lowest BCUT2D eigenvalue weighted by Crippen LogP contribution is -2.46. The molecule has 1 N–H and O–H groups in total. The van der Waals surface area contributed by atoms with Gasteiger partial charge in [0, 0.05) is 43.4 Å². The predicted molar refractivity (Wildman–Crippen MR) is 115 cm³/mol. The molecule has 0 radical (unpaired) electrons. The van der Waals surface area contributed by atoms with Gasteiger partial charge in [0.15, 0.2) is 0 Å². The summed E-state index contributed by atoms with van der Waals surface area (Å²) in [7, 11) is -3.77. The first-order valence-corrected chi connectivity index (χ1v) is 11.9. The SMILES string of the molecule is O=C(NS(=O)(=O)C1CC1)c1cc(Cl)c(CN2CCN(c3ccc(F)cc3)CC2)cc1F. The first kappa shape index (κ1) is 22.0. The molecular weight excluding hydrogens is 448 g/mol. The zero-order valence-corrected chi connectivity index (χ0v) is 18.2. The van der Waals surface area contributed by atoms with E-state index >= 15 is 0 Å². The van der Waals surface area contributed by atoms with E-state index in [-0.39, 0.29) is 16.4 Å². The first-order valence-electron chi connectivity index (χ1n) is 10.00. The summed E-state index contributed by atoms with van der Waals surface area (Å²) in [5, 5.41) is -0.376. The van der Waals surface area contributed by atoms with E-state index < -0.39 is 27.0 Å². The van der Waals surface area contributed by atoms with Gasteiger partial charge in [-0.15, -0.1) is 0 Å². The van der Waals surface area contributed by atoms with Gasteiger partial charge in [-0.05, 0) is 54.8 Å². The fourth-order valence-corrected chi connectivity index (χ4v) is 5.10. The molecule has 166 valence electrons. The normalized spacial score (nSPS) is 17.6. The summed E-state index contributed by atoms with van der Waals surface area (Å²) in [5.41, 5.74) is 1.08. The third-order valence-electron chi connectivity index (χ3n) is 5.54. The van der Waals surface area contributed by atoms with Crippen LogP contribution in [-0.2, 0) is 16.6 Å². The van der Waals surface area contributed by atoms with Crippen molar-refractivity contribution in [2.24, 2.45) is 0 Å². The second kappa shape index (κ2) is 8.72. The standard InChI is InChI=1S/C21H22ClF2N3O3S/c22-19-12-18(21(28)25-31(29,30)17-5-6-17)20(24)11-14(19)13-26-7-9-27(10-8-26)16-3-1-15(23)2-4-16/h1-4,11-12,17H,5-10,13H2,(H,25,28). The quantitative estimate of drug-likeness (QED) is 0.703. The summed E-state index contributed by atoms with van der Waals surface area (Å²) in [5.74, 6) is -2.10. The largest absolute Gasteiger partial charge is 0.369 e. The van der Waals surface area contributed by atoms with Crippen LogP contribution in [0.5, 0.6) is 0 Å². The molecule has 1 aliphatic carbocycles. The fourth-order valence-electron chi connectivity index (χ4n) is 3.59. The lowest BCUT2D eigenvalue weighted by molar-refractivity contribution is 0.0977. The molecule has 1 aliphatic heterocycles. The molecular formula is C21H22ClF2N3O3S. The molecule has 6 nitrogen and oxygen atoms in total. The van der Waals surface area contributed by atoms with Gasteiger partial charge < -0.3 is 4.90 Å². The molecule has 2 fully saturated rings. The van der Waals surface area contributed by atoms with Gasteiger partial charge in [0.2, 0.25) is 10.0 Å². The Morgan fingerprint density at radius 2 is 1.71 bits per heavy atom. The molecule has 0 spiro atoms. The zero-order valence-electron chi connectivity index (χ0n) is 16.7. The number of amides is 1. The Labute approximate surface area is 184 Å². The lowest BCUT2D eigenvalue weighted by atomic mass is 10.1. The second-order valence-corrected chi connectivity index (χ2v) is 10.2. The number of hydrogen-bond acceptors (Lipinski definition) is 5. The lowest BCUT2D eigenvalue weighted by Gasteiger charge is -2.36. The van der Waals surface area contributed by atoms with Crippen LogP contribution < -0.4 is 9.62 Å². The Kier molecular flexibility index (Phi) is 6.18. The molecule has 31 heavy (non-hydrogen) atoms. The van der Waals surface area contributed by atoms with Crippen LogP contribution in [0.4, 0.5) is 14.5 Å². The number of hydrogen-bond donors (Lipinski definition) is 1. The number of benzene rings is 2. The molecule has 10 heteroatoms. The molecule has 0 aromatic heterocycles. The average Bonchev–Trinajstić information content (AvgIpc) is 3.57. The van der Waals surface area contributed by atoms with E-state index in [9.17, 15) is 22.0 Å². The minimum Gasteiger partial charge on any atom is -0.369 e. The maximum absolute atomic E-state index is 14.6. The Bertz CT molecular complexity index is 1080. The fraction of sp³-hybridized carbons (Fsp3) is 0.381. The van der Waals surface area contributed by atoms with Crippen LogP contribution in [0.2, 0.25) is 5.02 Å². The molecule has 1 saturated heterocycles. The van der Waals surface area contributed by atoms with Crippen LogP contribution in [-0.4, -0.2) is 50.7 Å². The topological polar surface area (TPSA) is 69.7 Å². The third kappa shape index (κ3) is 5.16. The maximum atomic E-state index is 14.6. The van der Waals surface area contributed by atoms with E-state index in [0.29, 0.717) is 38.0 Å². The molecule has 1 heterocycles. The minimum absolute atomic E-state index is 0.205. The van der Waals surface area contributed by atoms with Crippen molar-refractivity contribution in [1.82, 2.24) is 9.62 Å². The van der Waals surface area contributed by atoms with E-state index in [1.807, 2.05) is 4.72 Å². The van der Waals surface area contributed by atoms with Gasteiger partial charge in [-0.3, -0.25) is 9.69 Å². The van der Waals surface area contributed by atoms with Gasteiger partial charge in [0.25, 0.3) is 5.91 Å². The number of anilines is 1. The highest BCUT2D eigenvalue weighted by atomic mass is 35.5. The first-order chi connectivity index (χ1) is 14.7. The van der Waals surface area contributed by atoms with Gasteiger partial charge in [-0.25, -0.2) is 21.9 Å². The minimum atomic E-state index is -3.77. The Morgan fingerprint density at radius 1 is 1.06 bits per heavy atom. The van der Waals surface area contributed by atoms with Crippen molar-refractivity contribution in [1.29, 1.82) is 0 Å². The van der Waals surface area contributed by atoms with Gasteiger partial charge in [0.05, 0.1) is 10.8 Å². The van der Waals surface area contributed by atoms with Crippen molar-refractivity contribution in [2.75, 3.05) is 31.1 Å². The smallest absolute Gasteiger partial charge is 0.267 e. The summed E-state index contributed by atoms with van der Waals surface area (Å²) in [4.78, 5) is 16.5. The highest BCUT2D eigenvalue weighted by Gasteiger charge is 2.37. The monoisotopic (exact) mass is 469 g/mol. The summed E-state index contributed by atoms with van der Waals surface area (Å²) in [6, 6.07) is 8.71. The maximum Gasteiger partial charge on any atom is 0.267 e. The highest BCUT2D eigenvalue weighted by Crippen LogP contribution is 2.28. The number of rotatable bonds is 6. The van der Waals surface area contributed by atoms with Gasteiger partial charge in [-0.2, -0.15) is 0 Å². The van der Waals surface area contributed by atoms with E-state index in [1.165, 1.54) is 24.3 Å². The van der Waals surface area contributed by atoms with Crippen molar-refractivity contribution in [2.45, 2.75) is 24.6 Å². The van der Waals surface area contributed by atoms with Crippen LogP contribution in [0.15, 0.2) is 36.4 Å². The molecule has 1 amide bonds. The van der Waals surface area contributed by atoms with Crippen LogP contribution in [0, 0.1) is 11.6 Å². The van der Waals surface area contributed by atoms with E-state index in [0.717, 1.165) is 18.8 Å². The van der Waals surface area contributed by atoms with Crippen molar-refractivity contribution in [3.8, 4) is 0 Å². The van der Waals surface area contributed by atoms with Crippen LogP contribution in [0.25, 0.3) is 0 Å². The third-order valence-corrected chi connectivity index (χ3v) is 7.71. The molecule has 2 aliphatic rings. The van der Waals surface area contributed by atoms with Crippen molar-refractivity contribution < 1.29 is 22.0 Å². The van der Waals surface area contributed by atoms with Crippen LogP contribution in [0.3, 0.4) is 0 Å². The molecule has 0 atom stereocenters. The second-order valence-electron chi connectivity index (χ2n) is 7.84. The Morgan fingerprint density at radius 3 is 2.32 bits per heavy atom. The molecule has 2 aromatic rings. The number of sulfonamides is 1. The number of nitrogens with zero attached hydrogens (tertiary/aromatic N) is 2. The molecule has 0 unspecified atom stereocenters. The number of piperazine rings is 1. The van der Waals surface area contributed by atoms with E-state index in [4.69, 9.17) is 11.6 Å². The summed E-state index contributed by atoms with van der Waals surface area (Å²) in [6.45, 7) is 3.26. The summed E-state index contributed by atoms with van der Waals surface area (Å²) >= 11 is 6.28. The zero-order chi connectivity index (χ0) is 22.2. The summed E-state index contributed by atoms with van der Waals surface area (Å²) in [6.07, 6.45) is 0.998. The van der Waals surface area contributed by atoms with Crippen molar-refractivity contribution in [3.63, 3.8) is 0 Å². The van der Waals surface area contributed by atoms with Crippen LogP contribution >= 0.6 is 11.6 Å². The number of halogens is 3. The number of carbonyl (C=O) groups excluding carboxylic acids is 1. The van der Waals surface area contributed by atoms with Crippen molar-refractivity contribution >= 4 is 33.2 Å². The van der Waals surface area contributed by atoms with Gasteiger partial charge in [-0.1, -0.05) is 11.6 Å². The molecule has 2 aromatic carbocycles. The van der Waals surface area contributed by atoms with E-state index in [1.54, 1.807) is 12.1 Å². The Hall–Kier alpha value is -2.23. The highest BCUT2D eigenvalue weighted by molar-refractivity contribution is 7.91. The van der Waals surface area contributed by atoms with Crippen molar-refractivity contribution in [3.05, 3.63) is 64.2 Å². The van der Waals surface area contributed by atoms with Gasteiger partial charge in [0.1, 0.15) is 11.6 Å². The van der Waals surface area contributed by atoms with Gasteiger partial charge >= 0.3 is 0 Å².